The molecule has 1 saturated heterocycles. The lowest BCUT2D eigenvalue weighted by atomic mass is 9.85. The van der Waals surface area contributed by atoms with Gasteiger partial charge < -0.3 is 4.90 Å². The van der Waals surface area contributed by atoms with Gasteiger partial charge >= 0.3 is 0 Å². The van der Waals surface area contributed by atoms with E-state index >= 15 is 0 Å². The van der Waals surface area contributed by atoms with E-state index in [9.17, 15) is 0 Å². The summed E-state index contributed by atoms with van der Waals surface area (Å²) in [5.41, 5.74) is 2.57. The maximum atomic E-state index is 4.81. The Morgan fingerprint density at radius 2 is 2.19 bits per heavy atom. The van der Waals surface area contributed by atoms with Crippen molar-refractivity contribution in [1.82, 2.24) is 24.6 Å². The Hall–Kier alpha value is -1.24. The van der Waals surface area contributed by atoms with Crippen LogP contribution in [0.5, 0.6) is 0 Å². The molecular weight excluding hydrogens is 342 g/mol. The van der Waals surface area contributed by atoms with E-state index < -0.39 is 0 Å². The highest BCUT2D eigenvalue weighted by Crippen LogP contribution is 2.36. The molecular formula is C20H33N5S. The molecule has 6 heteroatoms. The first-order valence-electron chi connectivity index (χ1n) is 9.83. The first-order chi connectivity index (χ1) is 12.5. The molecule has 0 saturated carbocycles. The quantitative estimate of drug-likeness (QED) is 0.735. The zero-order valence-corrected chi connectivity index (χ0v) is 17.7. The Morgan fingerprint density at radius 1 is 1.38 bits per heavy atom. The largest absolute Gasteiger partial charge is 0.300 e. The van der Waals surface area contributed by atoms with Gasteiger partial charge in [-0.2, -0.15) is 5.10 Å². The van der Waals surface area contributed by atoms with Crippen molar-refractivity contribution >= 4 is 11.3 Å². The summed E-state index contributed by atoms with van der Waals surface area (Å²) in [5, 5.41) is 7.90. The maximum Gasteiger partial charge on any atom is 0.0954 e. The molecule has 2 aromatic heterocycles. The van der Waals surface area contributed by atoms with Gasteiger partial charge in [0.05, 0.1) is 16.9 Å². The number of hydrogen-bond acceptors (Lipinski definition) is 5. The maximum absolute atomic E-state index is 4.81. The third kappa shape index (κ3) is 4.53. The van der Waals surface area contributed by atoms with Crippen molar-refractivity contribution < 1.29 is 0 Å². The fourth-order valence-corrected chi connectivity index (χ4v) is 5.00. The summed E-state index contributed by atoms with van der Waals surface area (Å²) in [6.07, 6.45) is 6.83. The molecule has 0 amide bonds. The third-order valence-electron chi connectivity index (χ3n) is 5.37. The van der Waals surface area contributed by atoms with E-state index in [4.69, 9.17) is 4.98 Å². The Morgan fingerprint density at radius 3 is 2.81 bits per heavy atom. The molecule has 144 valence electrons. The average molecular weight is 376 g/mol. The molecule has 5 nitrogen and oxygen atoms in total. The van der Waals surface area contributed by atoms with Crippen LogP contribution in [0.4, 0.5) is 0 Å². The second-order valence-corrected chi connectivity index (χ2v) is 8.84. The number of piperidine rings is 1. The molecule has 3 rings (SSSR count). The van der Waals surface area contributed by atoms with Crippen molar-refractivity contribution in [3.63, 3.8) is 0 Å². The van der Waals surface area contributed by atoms with Crippen LogP contribution < -0.4 is 0 Å². The summed E-state index contributed by atoms with van der Waals surface area (Å²) < 4.78 is 1.93. The first kappa shape index (κ1) is 19.5. The number of rotatable bonds is 7. The lowest BCUT2D eigenvalue weighted by Crippen LogP contribution is -2.42. The van der Waals surface area contributed by atoms with E-state index in [1.807, 2.05) is 11.7 Å². The molecule has 3 heterocycles. The molecule has 0 aliphatic carbocycles. The normalized spacial score (nSPS) is 21.8. The third-order valence-corrected chi connectivity index (χ3v) is 6.57. The van der Waals surface area contributed by atoms with Crippen molar-refractivity contribution in [3.05, 3.63) is 34.0 Å². The molecule has 1 fully saturated rings. The van der Waals surface area contributed by atoms with Crippen LogP contribution in [0, 0.1) is 5.92 Å². The van der Waals surface area contributed by atoms with Crippen LogP contribution in [0.2, 0.25) is 0 Å². The Bertz CT molecular complexity index is 692. The predicted octanol–water partition coefficient (Wildman–Crippen LogP) is 3.91. The second kappa shape index (κ2) is 8.63. The monoisotopic (exact) mass is 375 g/mol. The molecule has 0 N–H and O–H groups in total. The number of likely N-dealkylation sites (tertiary alicyclic amines) is 1. The van der Waals surface area contributed by atoms with Gasteiger partial charge in [-0.3, -0.25) is 9.58 Å². The van der Waals surface area contributed by atoms with Crippen LogP contribution in [0.25, 0.3) is 0 Å². The van der Waals surface area contributed by atoms with E-state index in [1.165, 1.54) is 35.7 Å². The van der Waals surface area contributed by atoms with Crippen molar-refractivity contribution in [2.24, 2.45) is 13.0 Å². The van der Waals surface area contributed by atoms with Crippen LogP contribution in [0.1, 0.15) is 61.8 Å². The second-order valence-electron chi connectivity index (χ2n) is 7.95. The number of hydrogen-bond donors (Lipinski definition) is 0. The van der Waals surface area contributed by atoms with Gasteiger partial charge in [0.1, 0.15) is 0 Å². The Balaban J connectivity index is 1.68. The van der Waals surface area contributed by atoms with Crippen molar-refractivity contribution in [2.45, 2.75) is 52.1 Å². The molecule has 0 aromatic carbocycles. The van der Waals surface area contributed by atoms with Gasteiger partial charge in [0.2, 0.25) is 0 Å². The van der Waals surface area contributed by atoms with Crippen molar-refractivity contribution in [3.8, 4) is 0 Å². The van der Waals surface area contributed by atoms with Crippen LogP contribution in [0.3, 0.4) is 0 Å². The number of aryl methyl sites for hydroxylation is 1. The summed E-state index contributed by atoms with van der Waals surface area (Å²) in [4.78, 5) is 9.88. The van der Waals surface area contributed by atoms with Gasteiger partial charge in [-0.05, 0) is 38.9 Å². The molecule has 1 aliphatic heterocycles. The average Bonchev–Trinajstić information content (AvgIpc) is 3.23. The van der Waals surface area contributed by atoms with Crippen molar-refractivity contribution in [1.29, 1.82) is 0 Å². The number of thiazole rings is 1. The SMILES string of the molecule is CCN1CCC[C@@H](CN(C)Cc2csc(C(C)C)n2)[C@@H]1c1cnn(C)c1. The lowest BCUT2D eigenvalue weighted by Gasteiger charge is -2.42. The smallest absolute Gasteiger partial charge is 0.0954 e. The van der Waals surface area contributed by atoms with Gasteiger partial charge in [-0.25, -0.2) is 4.98 Å². The van der Waals surface area contributed by atoms with Crippen LogP contribution in [0.15, 0.2) is 17.8 Å². The van der Waals surface area contributed by atoms with Crippen LogP contribution in [-0.4, -0.2) is 51.2 Å². The molecule has 2 aromatic rings. The highest BCUT2D eigenvalue weighted by molar-refractivity contribution is 7.09. The van der Waals surface area contributed by atoms with Gasteiger partial charge in [0.25, 0.3) is 0 Å². The zero-order valence-electron chi connectivity index (χ0n) is 16.9. The van der Waals surface area contributed by atoms with E-state index in [2.05, 4.69) is 60.5 Å². The fraction of sp³-hybridized carbons (Fsp3) is 0.700. The minimum absolute atomic E-state index is 0.478. The highest BCUT2D eigenvalue weighted by atomic mass is 32.1. The molecule has 26 heavy (non-hydrogen) atoms. The Labute approximate surface area is 162 Å². The van der Waals surface area contributed by atoms with Crippen LogP contribution >= 0.6 is 11.3 Å². The number of aromatic nitrogens is 3. The first-order valence-corrected chi connectivity index (χ1v) is 10.7. The fourth-order valence-electron chi connectivity index (χ4n) is 4.18. The summed E-state index contributed by atoms with van der Waals surface area (Å²) >= 11 is 1.79. The molecule has 0 unspecified atom stereocenters. The standard InChI is InChI=1S/C20H33N5S/c1-6-25-9-7-8-16(19(25)17-10-21-24(5)12-17)11-23(4)13-18-14-26-20(22-18)15(2)3/h10,12,14-16,19H,6-9,11,13H2,1-5H3/t16-,19+/m0/s1. The van der Waals surface area contributed by atoms with Gasteiger partial charge in [0.15, 0.2) is 0 Å². The summed E-state index contributed by atoms with van der Waals surface area (Å²) in [5.74, 6) is 1.16. The van der Waals surface area contributed by atoms with E-state index in [0.29, 0.717) is 17.9 Å². The molecule has 2 atom stereocenters. The molecule has 0 radical (unpaired) electrons. The minimum Gasteiger partial charge on any atom is -0.300 e. The highest BCUT2D eigenvalue weighted by Gasteiger charge is 2.33. The number of nitrogens with zero attached hydrogens (tertiary/aromatic N) is 5. The minimum atomic E-state index is 0.478. The summed E-state index contributed by atoms with van der Waals surface area (Å²) in [6, 6.07) is 0.478. The Kier molecular flexibility index (Phi) is 6.48. The predicted molar refractivity (Wildman–Crippen MR) is 108 cm³/mol. The van der Waals surface area contributed by atoms with Gasteiger partial charge in [-0.1, -0.05) is 20.8 Å². The summed E-state index contributed by atoms with van der Waals surface area (Å²) in [6.45, 7) is 11.0. The molecule has 0 spiro atoms. The van der Waals surface area contributed by atoms with E-state index in [0.717, 1.165) is 19.6 Å². The van der Waals surface area contributed by atoms with Gasteiger partial charge in [-0.15, -0.1) is 11.3 Å². The lowest BCUT2D eigenvalue weighted by molar-refractivity contribution is 0.0747. The van der Waals surface area contributed by atoms with Crippen LogP contribution in [-0.2, 0) is 13.6 Å². The van der Waals surface area contributed by atoms with Gasteiger partial charge in [0, 0.05) is 49.2 Å². The van der Waals surface area contributed by atoms with Crippen molar-refractivity contribution in [2.75, 3.05) is 26.7 Å². The topological polar surface area (TPSA) is 37.2 Å². The zero-order chi connectivity index (χ0) is 18.7. The molecule has 1 aliphatic rings. The summed E-state index contributed by atoms with van der Waals surface area (Å²) in [7, 11) is 4.25. The van der Waals surface area contributed by atoms with E-state index in [-0.39, 0.29) is 0 Å². The molecule has 0 bridgehead atoms. The van der Waals surface area contributed by atoms with E-state index in [1.54, 1.807) is 11.3 Å².